The predicted molar refractivity (Wildman–Crippen MR) is 221 cm³/mol. The number of hydrogen-bond donors (Lipinski definition) is 0. The maximum atomic E-state index is 5.59. The monoisotopic (exact) mass is 690 g/mol. The topological polar surface area (TPSA) is 32.3 Å². The smallest absolute Gasteiger partial charge is 0.0898 e. The molecule has 0 N–H and O–H groups in total. The molecule has 3 aliphatic carbocycles. The quantitative estimate of drug-likeness (QED) is 0.163. The van der Waals surface area contributed by atoms with Gasteiger partial charge in [-0.15, -0.1) is 0 Å². The van der Waals surface area contributed by atoms with Gasteiger partial charge < -0.3 is 9.80 Å². The van der Waals surface area contributed by atoms with Crippen LogP contribution in [-0.2, 0) is 0 Å². The highest BCUT2D eigenvalue weighted by Crippen LogP contribution is 2.55. The van der Waals surface area contributed by atoms with Gasteiger partial charge >= 0.3 is 0 Å². The summed E-state index contributed by atoms with van der Waals surface area (Å²) in [5.74, 6) is 0.0974. The van der Waals surface area contributed by atoms with Crippen molar-refractivity contribution in [2.75, 3.05) is 9.80 Å². The molecule has 2 bridgehead atoms. The first-order valence-electron chi connectivity index (χ1n) is 18.6. The number of para-hydroxylation sites is 4. The summed E-state index contributed by atoms with van der Waals surface area (Å²) in [5.41, 5.74) is 15.8. The van der Waals surface area contributed by atoms with Gasteiger partial charge in [0.2, 0.25) is 0 Å². The minimum atomic E-state index is 0.0487. The molecule has 9 aromatic rings. The molecule has 0 unspecified atom stereocenters. The highest BCUT2D eigenvalue weighted by molar-refractivity contribution is 6.11. The largest absolute Gasteiger partial charge is 0.310 e. The van der Waals surface area contributed by atoms with Gasteiger partial charge in [-0.3, -0.25) is 0 Å². The van der Waals surface area contributed by atoms with Crippen LogP contribution in [-0.4, -0.2) is 9.97 Å². The van der Waals surface area contributed by atoms with Crippen molar-refractivity contribution in [3.8, 4) is 0 Å². The number of benzene rings is 8. The predicted octanol–water partition coefficient (Wildman–Crippen LogP) is 12.7. The second-order valence-corrected chi connectivity index (χ2v) is 14.1. The van der Waals surface area contributed by atoms with Crippen molar-refractivity contribution >= 4 is 55.9 Å². The van der Waals surface area contributed by atoms with Gasteiger partial charge in [-0.05, 0) is 95.1 Å². The average molecular weight is 691 g/mol. The first kappa shape index (κ1) is 30.6. The lowest BCUT2D eigenvalue weighted by Gasteiger charge is -2.40. The van der Waals surface area contributed by atoms with E-state index in [2.05, 4.69) is 204 Å². The molecule has 0 aliphatic heterocycles. The third kappa shape index (κ3) is 4.70. The molecule has 0 saturated heterocycles. The zero-order valence-corrected chi connectivity index (χ0v) is 29.4. The molecule has 4 nitrogen and oxygen atoms in total. The Labute approximate surface area is 314 Å². The number of anilines is 6. The van der Waals surface area contributed by atoms with Gasteiger partial charge in [0.05, 0.1) is 45.6 Å². The van der Waals surface area contributed by atoms with Gasteiger partial charge in [0.25, 0.3) is 0 Å². The van der Waals surface area contributed by atoms with Crippen molar-refractivity contribution in [3.63, 3.8) is 0 Å². The van der Waals surface area contributed by atoms with E-state index >= 15 is 0 Å². The Kier molecular flexibility index (Phi) is 6.96. The molecule has 0 atom stereocenters. The number of aromatic nitrogens is 2. The average Bonchev–Trinajstić information content (AvgIpc) is 3.24. The number of hydrogen-bond acceptors (Lipinski definition) is 4. The Morgan fingerprint density at radius 1 is 0.315 bits per heavy atom. The molecule has 54 heavy (non-hydrogen) atoms. The van der Waals surface area contributed by atoms with E-state index in [0.29, 0.717) is 0 Å². The third-order valence-electron chi connectivity index (χ3n) is 11.1. The molecule has 4 heteroatoms. The molecule has 0 saturated carbocycles. The van der Waals surface area contributed by atoms with E-state index in [-0.39, 0.29) is 11.8 Å². The molecule has 1 heterocycles. The molecule has 8 aromatic carbocycles. The maximum Gasteiger partial charge on any atom is 0.0898 e. The van der Waals surface area contributed by atoms with Crippen molar-refractivity contribution in [1.29, 1.82) is 0 Å². The molecular weight excluding hydrogens is 657 g/mol. The summed E-state index contributed by atoms with van der Waals surface area (Å²) < 4.78 is 0. The van der Waals surface area contributed by atoms with Crippen LogP contribution >= 0.6 is 0 Å². The maximum absolute atomic E-state index is 5.59. The summed E-state index contributed by atoms with van der Waals surface area (Å²) in [5, 5.41) is 2.20. The van der Waals surface area contributed by atoms with Gasteiger partial charge in [0.15, 0.2) is 0 Å². The molecule has 0 amide bonds. The van der Waals surface area contributed by atoms with Gasteiger partial charge in [0.1, 0.15) is 0 Å². The van der Waals surface area contributed by atoms with Gasteiger partial charge in [-0.25, -0.2) is 9.97 Å². The lowest BCUT2D eigenvalue weighted by Crippen LogP contribution is -2.29. The molecule has 0 spiro atoms. The molecule has 0 fully saturated rings. The van der Waals surface area contributed by atoms with Gasteiger partial charge in [0, 0.05) is 33.5 Å². The van der Waals surface area contributed by atoms with Crippen molar-refractivity contribution < 1.29 is 0 Å². The second kappa shape index (κ2) is 12.3. The van der Waals surface area contributed by atoms with Gasteiger partial charge in [-0.2, -0.15) is 0 Å². The van der Waals surface area contributed by atoms with E-state index in [9.17, 15) is 0 Å². The standard InChI is InChI=1S/C50H34N4/c1-5-17-33(18-6-1)53(34-19-7-2-8-20-34)45-29-30-46(54(35-21-9-3-10-22-35)36-23-11-4-12-24-36)42-32-44-43(31-41(42)45)51-49-47-37-25-13-15-27-39(37)48(50(49)52-44)40-28-16-14-26-38(40)47/h1-32,47-48H. The molecular formula is C50H34N4. The summed E-state index contributed by atoms with van der Waals surface area (Å²) in [7, 11) is 0. The fraction of sp³-hybridized carbons (Fsp3) is 0.0400. The van der Waals surface area contributed by atoms with Crippen molar-refractivity contribution in [1.82, 2.24) is 9.97 Å². The molecule has 0 radical (unpaired) electrons. The van der Waals surface area contributed by atoms with Crippen molar-refractivity contribution in [2.45, 2.75) is 11.8 Å². The van der Waals surface area contributed by atoms with Crippen LogP contribution in [0.15, 0.2) is 194 Å². The minimum absolute atomic E-state index is 0.0487. The van der Waals surface area contributed by atoms with Gasteiger partial charge in [-0.1, -0.05) is 121 Å². The lowest BCUT2D eigenvalue weighted by atomic mass is 9.64. The Bertz CT molecular complexity index is 2520. The van der Waals surface area contributed by atoms with Crippen LogP contribution in [0.3, 0.4) is 0 Å². The van der Waals surface area contributed by atoms with E-state index in [4.69, 9.17) is 9.97 Å². The summed E-state index contributed by atoms with van der Waals surface area (Å²) in [6.07, 6.45) is 0. The fourth-order valence-electron chi connectivity index (χ4n) is 8.87. The SMILES string of the molecule is c1ccc(N(c2ccccc2)c2ccc(N(c3ccccc3)c3ccccc3)c3cc4nc5c(nc4cc23)C2c3ccccc3C5c3ccccc32)cc1. The van der Waals surface area contributed by atoms with Crippen LogP contribution in [0.1, 0.15) is 45.5 Å². The van der Waals surface area contributed by atoms with Crippen LogP contribution < -0.4 is 9.80 Å². The Morgan fingerprint density at radius 3 is 0.889 bits per heavy atom. The lowest BCUT2D eigenvalue weighted by molar-refractivity contribution is 0.709. The van der Waals surface area contributed by atoms with E-state index in [1.807, 2.05) is 0 Å². The Hall–Kier alpha value is -7.04. The zero-order chi connectivity index (χ0) is 35.6. The number of nitrogens with zero attached hydrogens (tertiary/aromatic N) is 4. The third-order valence-corrected chi connectivity index (χ3v) is 11.1. The van der Waals surface area contributed by atoms with Crippen LogP contribution in [0.25, 0.3) is 21.8 Å². The number of fused-ring (bicyclic) bond motifs is 2. The Balaban J connectivity index is 1.22. The van der Waals surface area contributed by atoms with Crippen LogP contribution in [0, 0.1) is 0 Å². The number of rotatable bonds is 6. The highest BCUT2D eigenvalue weighted by atomic mass is 15.2. The van der Waals surface area contributed by atoms with E-state index < -0.39 is 0 Å². The summed E-state index contributed by atoms with van der Waals surface area (Å²) in [6.45, 7) is 0. The Morgan fingerprint density at radius 2 is 0.593 bits per heavy atom. The molecule has 1 aromatic heterocycles. The molecule has 12 rings (SSSR count). The highest BCUT2D eigenvalue weighted by Gasteiger charge is 2.43. The van der Waals surface area contributed by atoms with E-state index in [1.54, 1.807) is 0 Å². The summed E-state index contributed by atoms with van der Waals surface area (Å²) in [4.78, 5) is 15.9. The fourth-order valence-corrected chi connectivity index (χ4v) is 8.87. The summed E-state index contributed by atoms with van der Waals surface area (Å²) in [6, 6.07) is 69.4. The first-order valence-corrected chi connectivity index (χ1v) is 18.6. The van der Waals surface area contributed by atoms with Crippen LogP contribution in [0.4, 0.5) is 34.1 Å². The molecule has 3 aliphatic rings. The van der Waals surface area contributed by atoms with Crippen molar-refractivity contribution in [3.05, 3.63) is 228 Å². The van der Waals surface area contributed by atoms with Crippen LogP contribution in [0.5, 0.6) is 0 Å². The van der Waals surface area contributed by atoms with Crippen molar-refractivity contribution in [2.24, 2.45) is 0 Å². The zero-order valence-electron chi connectivity index (χ0n) is 29.4. The first-order chi connectivity index (χ1) is 26.8. The van der Waals surface area contributed by atoms with E-state index in [1.165, 1.54) is 22.3 Å². The normalized spacial score (nSPS) is 15.0. The minimum Gasteiger partial charge on any atom is -0.310 e. The second-order valence-electron chi connectivity index (χ2n) is 14.1. The summed E-state index contributed by atoms with van der Waals surface area (Å²) >= 11 is 0. The molecule has 254 valence electrons. The van der Waals surface area contributed by atoms with Crippen LogP contribution in [0.2, 0.25) is 0 Å². The van der Waals surface area contributed by atoms with E-state index in [0.717, 1.165) is 67.3 Å².